The number of amides is 1. The number of methoxy groups -OCH3 is 1. The molecule has 2 aromatic carbocycles. The Kier molecular flexibility index (Phi) is 10.0. The maximum Gasteiger partial charge on any atom is 0.260 e. The number of fused-ring (bicyclic) bond motifs is 1. The number of aromatic nitrogens is 1. The molecule has 0 spiro atoms. The number of hydrogen-bond acceptors (Lipinski definition) is 6. The van der Waals surface area contributed by atoms with Crippen LogP contribution in [0, 0.1) is 0 Å². The van der Waals surface area contributed by atoms with Crippen LogP contribution < -0.4 is 14.4 Å². The smallest absolute Gasteiger partial charge is 0.260 e. The van der Waals surface area contributed by atoms with Crippen molar-refractivity contribution in [3.05, 3.63) is 47.0 Å². The number of unbranched alkanes of at least 4 members (excludes halogenated alkanes) is 1. The molecule has 6 nitrogen and oxygen atoms in total. The van der Waals surface area contributed by atoms with E-state index in [1.165, 1.54) is 11.3 Å². The average molecular weight is 498 g/mol. The van der Waals surface area contributed by atoms with Gasteiger partial charge in [0, 0.05) is 18.7 Å². The molecule has 32 heavy (non-hydrogen) atoms. The van der Waals surface area contributed by atoms with Crippen LogP contribution in [0.4, 0.5) is 5.13 Å². The molecule has 0 saturated carbocycles. The Morgan fingerprint density at radius 2 is 1.84 bits per heavy atom. The number of thiazole rings is 1. The number of anilines is 1. The second kappa shape index (κ2) is 12.3. The molecule has 0 aliphatic heterocycles. The van der Waals surface area contributed by atoms with Crippen LogP contribution in [-0.2, 0) is 0 Å². The highest BCUT2D eigenvalue weighted by Gasteiger charge is 2.23. The number of rotatable bonds is 10. The molecular weight excluding hydrogens is 469 g/mol. The van der Waals surface area contributed by atoms with E-state index >= 15 is 0 Å². The van der Waals surface area contributed by atoms with Gasteiger partial charge in [-0.05, 0) is 56.9 Å². The van der Waals surface area contributed by atoms with Crippen LogP contribution in [0.15, 0.2) is 36.4 Å². The van der Waals surface area contributed by atoms with E-state index in [0.29, 0.717) is 46.7 Å². The Labute approximate surface area is 204 Å². The van der Waals surface area contributed by atoms with Gasteiger partial charge in [0.15, 0.2) is 5.13 Å². The molecule has 1 heterocycles. The molecule has 0 atom stereocenters. The molecule has 0 bridgehead atoms. The first-order chi connectivity index (χ1) is 14.9. The third-order valence-electron chi connectivity index (χ3n) is 4.78. The van der Waals surface area contributed by atoms with Gasteiger partial charge in [-0.3, -0.25) is 9.69 Å². The fourth-order valence-corrected chi connectivity index (χ4v) is 4.27. The summed E-state index contributed by atoms with van der Waals surface area (Å²) >= 11 is 7.78. The lowest BCUT2D eigenvalue weighted by Gasteiger charge is -2.22. The van der Waals surface area contributed by atoms with E-state index in [-0.39, 0.29) is 18.3 Å². The van der Waals surface area contributed by atoms with Crippen molar-refractivity contribution in [3.8, 4) is 11.5 Å². The van der Waals surface area contributed by atoms with Crippen molar-refractivity contribution in [2.45, 2.75) is 19.8 Å². The molecule has 0 aliphatic carbocycles. The summed E-state index contributed by atoms with van der Waals surface area (Å²) in [6.45, 7) is 4.00. The number of benzene rings is 2. The monoisotopic (exact) mass is 497 g/mol. The summed E-state index contributed by atoms with van der Waals surface area (Å²) in [5, 5.41) is 1.18. The molecule has 0 unspecified atom stereocenters. The second-order valence-corrected chi connectivity index (χ2v) is 8.79. The van der Waals surface area contributed by atoms with Gasteiger partial charge in [-0.1, -0.05) is 36.3 Å². The first kappa shape index (κ1) is 26.2. The number of carbonyl (C=O) groups excluding carboxylic acids is 1. The summed E-state index contributed by atoms with van der Waals surface area (Å²) < 4.78 is 11.9. The Morgan fingerprint density at radius 1 is 1.12 bits per heavy atom. The summed E-state index contributed by atoms with van der Waals surface area (Å²) in [4.78, 5) is 21.9. The van der Waals surface area contributed by atoms with Gasteiger partial charge < -0.3 is 14.4 Å². The number of carbonyl (C=O) groups is 1. The summed E-state index contributed by atoms with van der Waals surface area (Å²) in [5.41, 5.74) is 1.25. The molecule has 0 fully saturated rings. The van der Waals surface area contributed by atoms with Crippen LogP contribution in [0.2, 0.25) is 5.02 Å². The van der Waals surface area contributed by atoms with Crippen molar-refractivity contribution >= 4 is 56.6 Å². The van der Waals surface area contributed by atoms with Gasteiger partial charge in [-0.2, -0.15) is 0 Å². The predicted molar refractivity (Wildman–Crippen MR) is 136 cm³/mol. The summed E-state index contributed by atoms with van der Waals surface area (Å²) in [6.07, 6.45) is 2.08. The predicted octanol–water partition coefficient (Wildman–Crippen LogP) is 5.77. The Balaban J connectivity index is 0.00000363. The first-order valence-electron chi connectivity index (χ1n) is 10.3. The largest absolute Gasteiger partial charge is 0.494 e. The molecule has 0 radical (unpaired) electrons. The van der Waals surface area contributed by atoms with Crippen LogP contribution in [0.3, 0.4) is 0 Å². The SMILES string of the molecule is CCCCOc1ccc(C(=O)N(CCN(C)C)c2nc3c(OC)ccc(Cl)c3s2)cc1.Cl. The Bertz CT molecular complexity index is 1030. The lowest BCUT2D eigenvalue weighted by molar-refractivity contribution is 0.0985. The number of nitrogens with zero attached hydrogens (tertiary/aromatic N) is 3. The zero-order valence-electron chi connectivity index (χ0n) is 18.8. The normalized spacial score (nSPS) is 10.8. The van der Waals surface area contributed by atoms with E-state index in [9.17, 15) is 4.79 Å². The molecule has 0 aliphatic rings. The van der Waals surface area contributed by atoms with Crippen molar-refractivity contribution in [1.29, 1.82) is 0 Å². The molecular formula is C23H29Cl2N3O3S. The third-order valence-corrected chi connectivity index (χ3v) is 6.32. The summed E-state index contributed by atoms with van der Waals surface area (Å²) in [5.74, 6) is 1.29. The van der Waals surface area contributed by atoms with Crippen molar-refractivity contribution < 1.29 is 14.3 Å². The average Bonchev–Trinajstić information content (AvgIpc) is 3.20. The summed E-state index contributed by atoms with van der Waals surface area (Å²) in [7, 11) is 5.55. The Hall–Kier alpha value is -2.06. The number of ether oxygens (including phenoxy) is 2. The second-order valence-electron chi connectivity index (χ2n) is 7.41. The van der Waals surface area contributed by atoms with Crippen molar-refractivity contribution in [2.24, 2.45) is 0 Å². The lowest BCUT2D eigenvalue weighted by Crippen LogP contribution is -2.36. The number of hydrogen-bond donors (Lipinski definition) is 0. The third kappa shape index (κ3) is 6.25. The van der Waals surface area contributed by atoms with E-state index in [1.54, 1.807) is 36.3 Å². The molecule has 0 saturated heterocycles. The quantitative estimate of drug-likeness (QED) is 0.333. The topological polar surface area (TPSA) is 54.9 Å². The molecule has 174 valence electrons. The number of likely N-dealkylation sites (N-methyl/N-ethyl adjacent to an activating group) is 1. The van der Waals surface area contributed by atoms with Gasteiger partial charge in [0.25, 0.3) is 5.91 Å². The minimum Gasteiger partial charge on any atom is -0.494 e. The van der Waals surface area contributed by atoms with E-state index in [1.807, 2.05) is 31.1 Å². The van der Waals surface area contributed by atoms with Crippen molar-refractivity contribution in [3.63, 3.8) is 0 Å². The summed E-state index contributed by atoms with van der Waals surface area (Å²) in [6, 6.07) is 10.8. The zero-order valence-corrected chi connectivity index (χ0v) is 21.1. The van der Waals surface area contributed by atoms with Crippen molar-refractivity contribution in [1.82, 2.24) is 9.88 Å². The van der Waals surface area contributed by atoms with Gasteiger partial charge in [-0.25, -0.2) is 4.98 Å². The van der Waals surface area contributed by atoms with Gasteiger partial charge in [0.05, 0.1) is 23.4 Å². The van der Waals surface area contributed by atoms with Crippen LogP contribution in [0.5, 0.6) is 11.5 Å². The molecule has 3 rings (SSSR count). The van der Waals surface area contributed by atoms with Gasteiger partial charge in [0.1, 0.15) is 17.0 Å². The molecule has 1 aromatic heterocycles. The highest BCUT2D eigenvalue weighted by Crippen LogP contribution is 2.39. The highest BCUT2D eigenvalue weighted by molar-refractivity contribution is 7.23. The number of halogens is 2. The maximum atomic E-state index is 13.4. The van der Waals surface area contributed by atoms with Gasteiger partial charge >= 0.3 is 0 Å². The van der Waals surface area contributed by atoms with Crippen LogP contribution >= 0.6 is 35.3 Å². The highest BCUT2D eigenvalue weighted by atomic mass is 35.5. The minimum absolute atomic E-state index is 0. The van der Waals surface area contributed by atoms with Crippen molar-refractivity contribution in [2.75, 3.05) is 45.8 Å². The van der Waals surface area contributed by atoms with Crippen LogP contribution in [0.1, 0.15) is 30.1 Å². The first-order valence-corrected chi connectivity index (χ1v) is 11.5. The molecule has 1 amide bonds. The van der Waals surface area contributed by atoms with E-state index in [2.05, 4.69) is 6.92 Å². The zero-order chi connectivity index (χ0) is 22.4. The molecule has 3 aromatic rings. The Morgan fingerprint density at radius 3 is 2.47 bits per heavy atom. The van der Waals surface area contributed by atoms with Gasteiger partial charge in [-0.15, -0.1) is 12.4 Å². The molecule has 0 N–H and O–H groups in total. The fraction of sp³-hybridized carbons (Fsp3) is 0.391. The van der Waals surface area contributed by atoms with Crippen LogP contribution in [0.25, 0.3) is 10.2 Å². The molecule has 9 heteroatoms. The van der Waals surface area contributed by atoms with Gasteiger partial charge in [0.2, 0.25) is 0 Å². The lowest BCUT2D eigenvalue weighted by atomic mass is 10.2. The van der Waals surface area contributed by atoms with E-state index < -0.39 is 0 Å². The van der Waals surface area contributed by atoms with E-state index in [4.69, 9.17) is 26.1 Å². The minimum atomic E-state index is -0.115. The standard InChI is InChI=1S/C23H28ClN3O3S.ClH/c1-5-6-15-30-17-9-7-16(8-10-17)22(28)27(14-13-26(2)3)23-25-20-19(29-4)12-11-18(24)21(20)31-23;/h7-12H,5-6,13-15H2,1-4H3;1H. The fourth-order valence-electron chi connectivity index (χ4n) is 2.99. The van der Waals surface area contributed by atoms with E-state index in [0.717, 1.165) is 23.3 Å². The maximum absolute atomic E-state index is 13.4. The van der Waals surface area contributed by atoms with Crippen LogP contribution in [-0.4, -0.2) is 56.7 Å².